The van der Waals surface area contributed by atoms with Gasteiger partial charge in [-0.1, -0.05) is 13.3 Å². The summed E-state index contributed by atoms with van der Waals surface area (Å²) in [6.45, 7) is 3.48. The zero-order chi connectivity index (χ0) is 9.70. The standard InChI is InChI=1S/C4H10O.C2H4O2.CH4O.H2O/c1-2-3-4-5;1-2(3)4;1-2;/h5H,2-4H2,1H3;1H3,(H,3,4);2H,1H3;1H2. The van der Waals surface area contributed by atoms with Crippen molar-refractivity contribution >= 4 is 5.97 Å². The Bertz CT molecular complexity index is 58.8. The lowest BCUT2D eigenvalue weighted by molar-refractivity contribution is -0.134. The van der Waals surface area contributed by atoms with Gasteiger partial charge in [0.1, 0.15) is 0 Å². The van der Waals surface area contributed by atoms with Crippen LogP contribution in [-0.4, -0.2) is 40.5 Å². The van der Waals surface area contributed by atoms with Gasteiger partial charge in [0.15, 0.2) is 0 Å². The maximum absolute atomic E-state index is 9.00. The van der Waals surface area contributed by atoms with Crippen molar-refractivity contribution in [1.82, 2.24) is 0 Å². The van der Waals surface area contributed by atoms with Gasteiger partial charge >= 0.3 is 0 Å². The van der Waals surface area contributed by atoms with Crippen LogP contribution in [0.4, 0.5) is 0 Å². The second-order valence-corrected chi connectivity index (χ2v) is 1.60. The molecule has 0 spiro atoms. The summed E-state index contributed by atoms with van der Waals surface area (Å²) in [5.74, 6) is -0.833. The second kappa shape index (κ2) is 31.6. The Kier molecular flexibility index (Phi) is 59.3. The van der Waals surface area contributed by atoms with Crippen molar-refractivity contribution in [2.75, 3.05) is 13.7 Å². The molecule has 0 aliphatic rings. The Morgan fingerprint density at radius 1 is 1.33 bits per heavy atom. The van der Waals surface area contributed by atoms with Gasteiger partial charge in [-0.05, 0) is 6.42 Å². The first-order valence-electron chi connectivity index (χ1n) is 3.40. The van der Waals surface area contributed by atoms with Crippen molar-refractivity contribution in [1.29, 1.82) is 0 Å². The smallest absolute Gasteiger partial charge is 0.300 e. The minimum Gasteiger partial charge on any atom is -0.481 e. The molecule has 0 amide bonds. The van der Waals surface area contributed by atoms with E-state index in [1.165, 1.54) is 0 Å². The molecule has 5 heteroatoms. The highest BCUT2D eigenvalue weighted by Gasteiger charge is 1.69. The van der Waals surface area contributed by atoms with Crippen molar-refractivity contribution in [3.8, 4) is 0 Å². The molecule has 0 saturated heterocycles. The molecule has 0 rings (SSSR count). The first-order valence-corrected chi connectivity index (χ1v) is 3.40. The van der Waals surface area contributed by atoms with Crippen molar-refractivity contribution in [2.45, 2.75) is 26.7 Å². The molecule has 0 aromatic carbocycles. The number of aliphatic hydroxyl groups is 2. The number of carbonyl (C=O) groups is 1. The lowest BCUT2D eigenvalue weighted by Crippen LogP contribution is -1.78. The Balaban J connectivity index is -0.0000000419. The lowest BCUT2D eigenvalue weighted by atomic mass is 10.4. The minimum absolute atomic E-state index is 0. The van der Waals surface area contributed by atoms with Crippen LogP contribution in [0.15, 0.2) is 0 Å². The van der Waals surface area contributed by atoms with E-state index < -0.39 is 5.97 Å². The molecule has 0 aromatic rings. The molecule has 0 unspecified atom stereocenters. The highest BCUT2D eigenvalue weighted by Crippen LogP contribution is 1.78. The first kappa shape index (κ1) is 22.5. The van der Waals surface area contributed by atoms with Crippen molar-refractivity contribution in [3.63, 3.8) is 0 Å². The predicted molar refractivity (Wildman–Crippen MR) is 47.1 cm³/mol. The quantitative estimate of drug-likeness (QED) is 0.545. The third kappa shape index (κ3) is 358. The van der Waals surface area contributed by atoms with Crippen LogP contribution in [0.2, 0.25) is 0 Å². The van der Waals surface area contributed by atoms with Gasteiger partial charge in [-0.2, -0.15) is 0 Å². The molecule has 5 nitrogen and oxygen atoms in total. The van der Waals surface area contributed by atoms with Gasteiger partial charge in [-0.25, -0.2) is 0 Å². The van der Waals surface area contributed by atoms with E-state index in [-0.39, 0.29) is 5.48 Å². The minimum atomic E-state index is -0.833. The molecule has 0 aliphatic carbocycles. The Labute approximate surface area is 73.0 Å². The van der Waals surface area contributed by atoms with Gasteiger partial charge in [0.25, 0.3) is 5.97 Å². The highest BCUT2D eigenvalue weighted by atomic mass is 16.4. The topological polar surface area (TPSA) is 109 Å². The van der Waals surface area contributed by atoms with E-state index >= 15 is 0 Å². The molecule has 0 bridgehead atoms. The monoisotopic (exact) mass is 184 g/mol. The van der Waals surface area contributed by atoms with Gasteiger partial charge in [-0.3, -0.25) is 4.79 Å². The molecule has 0 radical (unpaired) electrons. The normalized spacial score (nSPS) is 6.08. The molecule has 5 N–H and O–H groups in total. The summed E-state index contributed by atoms with van der Waals surface area (Å²) in [5, 5.41) is 22.5. The average Bonchev–Trinajstić information content (AvgIpc) is 1.93. The SMILES string of the molecule is CC(=O)O.CCCCO.CO.O. The zero-order valence-corrected chi connectivity index (χ0v) is 7.87. The molecular weight excluding hydrogens is 164 g/mol. The van der Waals surface area contributed by atoms with Crippen LogP contribution >= 0.6 is 0 Å². The molecule has 0 atom stereocenters. The highest BCUT2D eigenvalue weighted by molar-refractivity contribution is 5.62. The fourth-order valence-electron chi connectivity index (χ4n) is 0.158. The van der Waals surface area contributed by atoms with Crippen molar-refractivity contribution in [2.24, 2.45) is 0 Å². The Morgan fingerprint density at radius 2 is 1.58 bits per heavy atom. The van der Waals surface area contributed by atoms with Crippen LogP contribution in [0.3, 0.4) is 0 Å². The number of carboxylic acid groups (broad SMARTS) is 1. The summed E-state index contributed by atoms with van der Waals surface area (Å²) in [6, 6.07) is 0. The van der Waals surface area contributed by atoms with Crippen LogP contribution in [0.25, 0.3) is 0 Å². The van der Waals surface area contributed by atoms with Crippen molar-refractivity contribution in [3.05, 3.63) is 0 Å². The van der Waals surface area contributed by atoms with Crippen LogP contribution in [0.1, 0.15) is 26.7 Å². The van der Waals surface area contributed by atoms with E-state index in [0.29, 0.717) is 6.61 Å². The van der Waals surface area contributed by atoms with Gasteiger partial charge < -0.3 is 20.8 Å². The third-order valence-corrected chi connectivity index (χ3v) is 0.512. The number of hydrogen-bond donors (Lipinski definition) is 3. The first-order chi connectivity index (χ1) is 5.15. The van der Waals surface area contributed by atoms with Crippen LogP contribution < -0.4 is 0 Å². The molecule has 0 aliphatic heterocycles. The third-order valence-electron chi connectivity index (χ3n) is 0.512. The van der Waals surface area contributed by atoms with Crippen LogP contribution in [-0.2, 0) is 4.79 Å². The van der Waals surface area contributed by atoms with E-state index in [4.69, 9.17) is 20.1 Å². The summed E-state index contributed by atoms with van der Waals surface area (Å²) < 4.78 is 0. The number of rotatable bonds is 2. The molecular formula is C7H20O5. The number of carboxylic acids is 1. The average molecular weight is 184 g/mol. The molecule has 0 saturated carbocycles. The lowest BCUT2D eigenvalue weighted by Gasteiger charge is -1.79. The molecule has 0 fully saturated rings. The fraction of sp³-hybridized carbons (Fsp3) is 0.857. The molecule has 0 heterocycles. The number of unbranched alkanes of at least 4 members (excludes halogenated alkanes) is 1. The number of hydrogen-bond acceptors (Lipinski definition) is 3. The summed E-state index contributed by atoms with van der Waals surface area (Å²) in [5.41, 5.74) is 0. The van der Waals surface area contributed by atoms with Gasteiger partial charge in [0, 0.05) is 20.6 Å². The van der Waals surface area contributed by atoms with Gasteiger partial charge in [0.2, 0.25) is 0 Å². The number of aliphatic hydroxyl groups excluding tert-OH is 2. The summed E-state index contributed by atoms with van der Waals surface area (Å²) >= 11 is 0. The summed E-state index contributed by atoms with van der Waals surface area (Å²) in [4.78, 5) is 9.00. The fourth-order valence-corrected chi connectivity index (χ4v) is 0.158. The molecule has 78 valence electrons. The van der Waals surface area contributed by atoms with E-state index in [0.717, 1.165) is 26.9 Å². The maximum Gasteiger partial charge on any atom is 0.300 e. The van der Waals surface area contributed by atoms with E-state index in [9.17, 15) is 0 Å². The molecule has 0 aromatic heterocycles. The van der Waals surface area contributed by atoms with Gasteiger partial charge in [0.05, 0.1) is 0 Å². The maximum atomic E-state index is 9.00. The van der Waals surface area contributed by atoms with Crippen molar-refractivity contribution < 1.29 is 25.6 Å². The van der Waals surface area contributed by atoms with E-state index in [1.54, 1.807) is 0 Å². The Hall–Kier alpha value is -0.650. The number of aliphatic carboxylic acids is 1. The molecule has 12 heavy (non-hydrogen) atoms. The summed E-state index contributed by atoms with van der Waals surface area (Å²) in [7, 11) is 1.00. The van der Waals surface area contributed by atoms with Gasteiger partial charge in [-0.15, -0.1) is 0 Å². The summed E-state index contributed by atoms with van der Waals surface area (Å²) in [6.07, 6.45) is 2.04. The zero-order valence-electron chi connectivity index (χ0n) is 7.87. The Morgan fingerprint density at radius 3 is 1.58 bits per heavy atom. The van der Waals surface area contributed by atoms with E-state index in [1.807, 2.05) is 0 Å². The van der Waals surface area contributed by atoms with Crippen LogP contribution in [0.5, 0.6) is 0 Å². The predicted octanol–water partition coefficient (Wildman–Crippen LogP) is -0.346. The largest absolute Gasteiger partial charge is 0.481 e. The van der Waals surface area contributed by atoms with E-state index in [2.05, 4.69) is 6.92 Å². The van der Waals surface area contributed by atoms with Crippen LogP contribution in [0, 0.1) is 0 Å². The second-order valence-electron chi connectivity index (χ2n) is 1.60.